The van der Waals surface area contributed by atoms with Crippen molar-refractivity contribution in [2.24, 2.45) is 0 Å². The van der Waals surface area contributed by atoms with Crippen LogP contribution in [0, 0.1) is 0 Å². The van der Waals surface area contributed by atoms with E-state index in [0.717, 1.165) is 16.6 Å². The SMILES string of the molecule is Nc1nnc2ccc(-c3cccc4ccccc34)nn12. The summed E-state index contributed by atoms with van der Waals surface area (Å²) in [6.07, 6.45) is 0. The number of nitrogen functional groups attached to an aromatic ring is 1. The molecular weight excluding hydrogens is 250 g/mol. The zero-order valence-corrected chi connectivity index (χ0v) is 10.6. The maximum absolute atomic E-state index is 5.76. The smallest absolute Gasteiger partial charge is 0.243 e. The molecule has 0 saturated heterocycles. The Kier molecular flexibility index (Phi) is 2.20. The van der Waals surface area contributed by atoms with E-state index >= 15 is 0 Å². The van der Waals surface area contributed by atoms with Crippen molar-refractivity contribution < 1.29 is 0 Å². The highest BCUT2D eigenvalue weighted by molar-refractivity contribution is 5.95. The number of hydrogen-bond acceptors (Lipinski definition) is 4. The fourth-order valence-electron chi connectivity index (χ4n) is 2.40. The first-order valence-electron chi connectivity index (χ1n) is 6.29. The summed E-state index contributed by atoms with van der Waals surface area (Å²) in [5.74, 6) is 0.294. The Labute approximate surface area is 114 Å². The first-order chi connectivity index (χ1) is 9.83. The molecule has 0 bridgehead atoms. The molecule has 5 nitrogen and oxygen atoms in total. The second-order valence-corrected chi connectivity index (χ2v) is 4.57. The molecule has 2 aromatic heterocycles. The maximum Gasteiger partial charge on any atom is 0.243 e. The van der Waals surface area contributed by atoms with Gasteiger partial charge in [0.1, 0.15) is 0 Å². The zero-order valence-electron chi connectivity index (χ0n) is 10.6. The van der Waals surface area contributed by atoms with E-state index in [1.807, 2.05) is 30.3 Å². The van der Waals surface area contributed by atoms with Gasteiger partial charge < -0.3 is 5.73 Å². The number of hydrogen-bond donors (Lipinski definition) is 1. The van der Waals surface area contributed by atoms with Gasteiger partial charge in [0.15, 0.2) is 5.65 Å². The fraction of sp³-hybridized carbons (Fsp3) is 0. The van der Waals surface area contributed by atoms with Crippen molar-refractivity contribution in [1.29, 1.82) is 0 Å². The van der Waals surface area contributed by atoms with E-state index in [0.29, 0.717) is 11.6 Å². The molecule has 0 spiro atoms. The van der Waals surface area contributed by atoms with Crippen LogP contribution < -0.4 is 5.73 Å². The molecule has 0 amide bonds. The Hall–Kier alpha value is -2.95. The van der Waals surface area contributed by atoms with Crippen LogP contribution in [0.5, 0.6) is 0 Å². The van der Waals surface area contributed by atoms with Gasteiger partial charge in [-0.2, -0.15) is 9.61 Å². The topological polar surface area (TPSA) is 69.1 Å². The van der Waals surface area contributed by atoms with Crippen LogP contribution in [0.1, 0.15) is 0 Å². The van der Waals surface area contributed by atoms with Gasteiger partial charge in [0.2, 0.25) is 5.95 Å². The van der Waals surface area contributed by atoms with Gasteiger partial charge in [0, 0.05) is 5.56 Å². The van der Waals surface area contributed by atoms with Gasteiger partial charge in [-0.25, -0.2) is 0 Å². The van der Waals surface area contributed by atoms with Crippen LogP contribution in [0.15, 0.2) is 54.6 Å². The summed E-state index contributed by atoms with van der Waals surface area (Å²) >= 11 is 0. The number of nitrogens with two attached hydrogens (primary N) is 1. The normalized spacial score (nSPS) is 11.2. The number of fused-ring (bicyclic) bond motifs is 2. The first-order valence-corrected chi connectivity index (χ1v) is 6.29. The number of nitrogens with zero attached hydrogens (tertiary/aromatic N) is 4. The highest BCUT2D eigenvalue weighted by atomic mass is 15.4. The third-order valence-electron chi connectivity index (χ3n) is 3.35. The third kappa shape index (κ3) is 1.53. The molecule has 0 radical (unpaired) electrons. The van der Waals surface area contributed by atoms with Crippen LogP contribution in [0.25, 0.3) is 27.7 Å². The Bertz CT molecular complexity index is 921. The fourth-order valence-corrected chi connectivity index (χ4v) is 2.40. The Balaban J connectivity index is 2.03. The third-order valence-corrected chi connectivity index (χ3v) is 3.35. The predicted molar refractivity (Wildman–Crippen MR) is 78.1 cm³/mol. The highest BCUT2D eigenvalue weighted by Crippen LogP contribution is 2.27. The van der Waals surface area contributed by atoms with Gasteiger partial charge in [-0.15, -0.1) is 10.2 Å². The van der Waals surface area contributed by atoms with Crippen molar-refractivity contribution in [1.82, 2.24) is 19.8 Å². The predicted octanol–water partition coefficient (Wildman–Crippen LogP) is 2.53. The average Bonchev–Trinajstić information content (AvgIpc) is 2.88. The molecule has 2 heterocycles. The molecule has 4 rings (SSSR count). The Morgan fingerprint density at radius 3 is 2.65 bits per heavy atom. The summed E-state index contributed by atoms with van der Waals surface area (Å²) in [5, 5.41) is 14.6. The van der Waals surface area contributed by atoms with E-state index < -0.39 is 0 Å². The number of rotatable bonds is 1. The molecule has 2 aromatic carbocycles. The largest absolute Gasteiger partial charge is 0.366 e. The Morgan fingerprint density at radius 2 is 1.70 bits per heavy atom. The van der Waals surface area contributed by atoms with Gasteiger partial charge in [-0.3, -0.25) is 0 Å². The monoisotopic (exact) mass is 261 g/mol. The minimum atomic E-state index is 0.294. The van der Waals surface area contributed by atoms with Crippen LogP contribution in [0.2, 0.25) is 0 Å². The van der Waals surface area contributed by atoms with Crippen LogP contribution in [0.3, 0.4) is 0 Å². The molecular formula is C15H11N5. The van der Waals surface area contributed by atoms with E-state index in [-0.39, 0.29) is 0 Å². The second kappa shape index (κ2) is 4.03. The summed E-state index contributed by atoms with van der Waals surface area (Å²) in [6, 6.07) is 18.2. The molecule has 0 unspecified atom stereocenters. The van der Waals surface area contributed by atoms with E-state index in [4.69, 9.17) is 5.73 Å². The zero-order chi connectivity index (χ0) is 13.5. The summed E-state index contributed by atoms with van der Waals surface area (Å²) in [7, 11) is 0. The van der Waals surface area contributed by atoms with Crippen LogP contribution in [-0.4, -0.2) is 19.8 Å². The minimum absolute atomic E-state index is 0.294. The molecule has 0 aliphatic heterocycles. The molecule has 0 aliphatic carbocycles. The van der Waals surface area contributed by atoms with Gasteiger partial charge in [-0.1, -0.05) is 42.5 Å². The van der Waals surface area contributed by atoms with Crippen molar-refractivity contribution in [2.45, 2.75) is 0 Å². The molecule has 96 valence electrons. The maximum atomic E-state index is 5.76. The molecule has 0 fully saturated rings. The highest BCUT2D eigenvalue weighted by Gasteiger charge is 2.08. The minimum Gasteiger partial charge on any atom is -0.366 e. The van der Waals surface area contributed by atoms with E-state index in [9.17, 15) is 0 Å². The molecule has 0 atom stereocenters. The molecule has 2 N–H and O–H groups in total. The van der Waals surface area contributed by atoms with Gasteiger partial charge in [0.25, 0.3) is 0 Å². The van der Waals surface area contributed by atoms with Gasteiger partial charge in [0.05, 0.1) is 5.69 Å². The van der Waals surface area contributed by atoms with Crippen molar-refractivity contribution >= 4 is 22.4 Å². The molecule has 0 aliphatic rings. The van der Waals surface area contributed by atoms with E-state index in [1.165, 1.54) is 5.39 Å². The molecule has 0 saturated carbocycles. The molecule has 5 heteroatoms. The standard InChI is InChI=1S/C15H11N5/c16-15-18-17-14-9-8-13(19-20(14)15)12-7-3-5-10-4-1-2-6-11(10)12/h1-9H,(H2,16,18). The lowest BCUT2D eigenvalue weighted by Gasteiger charge is -2.06. The van der Waals surface area contributed by atoms with Gasteiger partial charge >= 0.3 is 0 Å². The lowest BCUT2D eigenvalue weighted by molar-refractivity contribution is 0.947. The number of aromatic nitrogens is 4. The Morgan fingerprint density at radius 1 is 0.850 bits per heavy atom. The van der Waals surface area contributed by atoms with Crippen molar-refractivity contribution in [3.05, 3.63) is 54.6 Å². The summed E-state index contributed by atoms with van der Waals surface area (Å²) in [5.41, 5.74) is 8.32. The lowest BCUT2D eigenvalue weighted by Crippen LogP contribution is -1.99. The lowest BCUT2D eigenvalue weighted by atomic mass is 10.0. The van der Waals surface area contributed by atoms with Crippen LogP contribution in [-0.2, 0) is 0 Å². The first kappa shape index (κ1) is 10.9. The average molecular weight is 261 g/mol. The number of anilines is 1. The van der Waals surface area contributed by atoms with Crippen LogP contribution >= 0.6 is 0 Å². The summed E-state index contributed by atoms with van der Waals surface area (Å²) in [4.78, 5) is 0. The van der Waals surface area contributed by atoms with Crippen LogP contribution in [0.4, 0.5) is 5.95 Å². The molecule has 4 aromatic rings. The van der Waals surface area contributed by atoms with E-state index in [2.05, 4.69) is 39.6 Å². The van der Waals surface area contributed by atoms with Gasteiger partial charge in [-0.05, 0) is 22.9 Å². The summed E-state index contributed by atoms with van der Waals surface area (Å²) in [6.45, 7) is 0. The van der Waals surface area contributed by atoms with Crippen molar-refractivity contribution in [2.75, 3.05) is 5.73 Å². The van der Waals surface area contributed by atoms with Crippen molar-refractivity contribution in [3.63, 3.8) is 0 Å². The number of benzene rings is 2. The van der Waals surface area contributed by atoms with E-state index in [1.54, 1.807) is 4.52 Å². The molecule has 20 heavy (non-hydrogen) atoms. The quantitative estimate of drug-likeness (QED) is 0.571. The second-order valence-electron chi connectivity index (χ2n) is 4.57. The summed E-state index contributed by atoms with van der Waals surface area (Å²) < 4.78 is 1.55. The van der Waals surface area contributed by atoms with Crippen molar-refractivity contribution in [3.8, 4) is 11.3 Å².